The standard InChI is InChI=1S/C23H27N5O/c29-23(24-20-8-4-5-9-20)19-10-11-21-25-26-22(28(21)16-19)18-12-13-27(15-18)14-17-6-2-1-3-7-17/h1-3,6-7,10-11,16,18,20H,4-5,8-9,12-15H2,(H,24,29)/t18-/m1/s1. The van der Waals surface area contributed by atoms with Crippen molar-refractivity contribution in [3.05, 3.63) is 65.6 Å². The first-order chi connectivity index (χ1) is 14.3. The van der Waals surface area contributed by atoms with E-state index in [0.29, 0.717) is 17.5 Å². The van der Waals surface area contributed by atoms with E-state index in [1.807, 2.05) is 22.7 Å². The number of aromatic nitrogens is 3. The van der Waals surface area contributed by atoms with Crippen molar-refractivity contribution in [1.82, 2.24) is 24.8 Å². The Kier molecular flexibility index (Phi) is 5.02. The van der Waals surface area contributed by atoms with Crippen molar-refractivity contribution in [2.45, 2.75) is 50.6 Å². The molecule has 1 aliphatic heterocycles. The third-order valence-electron chi connectivity index (χ3n) is 6.27. The van der Waals surface area contributed by atoms with Gasteiger partial charge in [0.2, 0.25) is 0 Å². The van der Waals surface area contributed by atoms with Gasteiger partial charge in [-0.25, -0.2) is 0 Å². The molecule has 1 N–H and O–H groups in total. The van der Waals surface area contributed by atoms with Gasteiger partial charge >= 0.3 is 0 Å². The molecule has 2 aromatic heterocycles. The first-order valence-electron chi connectivity index (χ1n) is 10.7. The van der Waals surface area contributed by atoms with Gasteiger partial charge < -0.3 is 5.32 Å². The van der Waals surface area contributed by atoms with Gasteiger partial charge in [-0.3, -0.25) is 14.1 Å². The van der Waals surface area contributed by atoms with E-state index in [1.54, 1.807) is 0 Å². The highest BCUT2D eigenvalue weighted by Crippen LogP contribution is 2.27. The van der Waals surface area contributed by atoms with E-state index in [1.165, 1.54) is 18.4 Å². The number of carbonyl (C=O) groups excluding carboxylic acids is 1. The third kappa shape index (κ3) is 3.90. The van der Waals surface area contributed by atoms with E-state index in [4.69, 9.17) is 0 Å². The van der Waals surface area contributed by atoms with Crippen molar-refractivity contribution in [3.63, 3.8) is 0 Å². The van der Waals surface area contributed by atoms with Gasteiger partial charge in [-0.2, -0.15) is 0 Å². The summed E-state index contributed by atoms with van der Waals surface area (Å²) in [5, 5.41) is 12.0. The first-order valence-corrected chi connectivity index (χ1v) is 10.7. The number of carbonyl (C=O) groups is 1. The molecule has 5 rings (SSSR count). The summed E-state index contributed by atoms with van der Waals surface area (Å²) in [6.45, 7) is 2.98. The summed E-state index contributed by atoms with van der Waals surface area (Å²) in [5.41, 5.74) is 2.83. The SMILES string of the molecule is O=C(NC1CCCC1)c1ccc2nnc([C@@H]3CCN(Cc4ccccc4)C3)n2c1. The van der Waals surface area contributed by atoms with Gasteiger partial charge in [-0.15, -0.1) is 10.2 Å². The summed E-state index contributed by atoms with van der Waals surface area (Å²) in [6, 6.07) is 14.7. The quantitative estimate of drug-likeness (QED) is 0.727. The zero-order valence-corrected chi connectivity index (χ0v) is 16.6. The van der Waals surface area contributed by atoms with Crippen LogP contribution < -0.4 is 5.32 Å². The van der Waals surface area contributed by atoms with Crippen molar-refractivity contribution in [2.24, 2.45) is 0 Å². The van der Waals surface area contributed by atoms with Crippen LogP contribution in [0.1, 0.15) is 59.8 Å². The molecule has 2 fully saturated rings. The minimum atomic E-state index is 0.00979. The van der Waals surface area contributed by atoms with Crippen LogP contribution in [0.4, 0.5) is 0 Å². The van der Waals surface area contributed by atoms with E-state index in [2.05, 4.69) is 50.7 Å². The minimum absolute atomic E-state index is 0.00979. The van der Waals surface area contributed by atoms with Gasteiger partial charge in [-0.05, 0) is 43.5 Å². The molecule has 150 valence electrons. The lowest BCUT2D eigenvalue weighted by atomic mass is 10.1. The molecular formula is C23H27N5O. The highest BCUT2D eigenvalue weighted by atomic mass is 16.1. The zero-order chi connectivity index (χ0) is 19.6. The van der Waals surface area contributed by atoms with Crippen LogP contribution in [0.15, 0.2) is 48.7 Å². The Hall–Kier alpha value is -2.73. The summed E-state index contributed by atoms with van der Waals surface area (Å²) in [4.78, 5) is 15.2. The number of hydrogen-bond acceptors (Lipinski definition) is 4. The molecule has 1 amide bonds. The number of fused-ring (bicyclic) bond motifs is 1. The summed E-state index contributed by atoms with van der Waals surface area (Å²) >= 11 is 0. The van der Waals surface area contributed by atoms with Crippen LogP contribution in [-0.4, -0.2) is 44.5 Å². The Morgan fingerprint density at radius 2 is 1.86 bits per heavy atom. The third-order valence-corrected chi connectivity index (χ3v) is 6.27. The fourth-order valence-electron chi connectivity index (χ4n) is 4.69. The molecule has 1 atom stereocenters. The maximum Gasteiger partial charge on any atom is 0.252 e. The van der Waals surface area contributed by atoms with Gasteiger partial charge in [0, 0.05) is 31.2 Å². The molecule has 0 unspecified atom stereocenters. The Bertz CT molecular complexity index is 993. The fraction of sp³-hybridized carbons (Fsp3) is 0.435. The van der Waals surface area contributed by atoms with Crippen LogP contribution in [0, 0.1) is 0 Å². The zero-order valence-electron chi connectivity index (χ0n) is 16.6. The fourth-order valence-corrected chi connectivity index (χ4v) is 4.69. The average Bonchev–Trinajstić information content (AvgIpc) is 3.49. The van der Waals surface area contributed by atoms with Crippen molar-refractivity contribution in [1.29, 1.82) is 0 Å². The Labute approximate surface area is 170 Å². The molecule has 6 nitrogen and oxygen atoms in total. The lowest BCUT2D eigenvalue weighted by molar-refractivity contribution is 0.0937. The number of nitrogens with zero attached hydrogens (tertiary/aromatic N) is 4. The summed E-state index contributed by atoms with van der Waals surface area (Å²) < 4.78 is 2.01. The van der Waals surface area contributed by atoms with Crippen LogP contribution in [0.3, 0.4) is 0 Å². The molecule has 1 aliphatic carbocycles. The Morgan fingerprint density at radius 3 is 2.69 bits per heavy atom. The second-order valence-corrected chi connectivity index (χ2v) is 8.37. The first kappa shape index (κ1) is 18.3. The molecule has 0 spiro atoms. The van der Waals surface area contributed by atoms with Crippen LogP contribution in [0.2, 0.25) is 0 Å². The lowest BCUT2D eigenvalue weighted by Crippen LogP contribution is -2.32. The van der Waals surface area contributed by atoms with Crippen LogP contribution in [-0.2, 0) is 6.54 Å². The normalized spacial score (nSPS) is 20.5. The van der Waals surface area contributed by atoms with E-state index in [0.717, 1.165) is 50.4 Å². The molecule has 1 saturated heterocycles. The van der Waals surface area contributed by atoms with Crippen molar-refractivity contribution in [2.75, 3.05) is 13.1 Å². The number of likely N-dealkylation sites (tertiary alicyclic amines) is 1. The predicted octanol–water partition coefficient (Wildman–Crippen LogP) is 3.39. The van der Waals surface area contributed by atoms with Gasteiger partial charge in [0.05, 0.1) is 5.56 Å². The molecule has 3 heterocycles. The minimum Gasteiger partial charge on any atom is -0.349 e. The number of pyridine rings is 1. The van der Waals surface area contributed by atoms with Gasteiger partial charge in [-0.1, -0.05) is 43.2 Å². The Morgan fingerprint density at radius 1 is 1.03 bits per heavy atom. The van der Waals surface area contributed by atoms with Crippen LogP contribution >= 0.6 is 0 Å². The molecule has 1 saturated carbocycles. The molecule has 1 aromatic carbocycles. The number of amides is 1. The monoisotopic (exact) mass is 389 g/mol. The van der Waals surface area contributed by atoms with Gasteiger partial charge in [0.1, 0.15) is 5.82 Å². The van der Waals surface area contributed by atoms with Gasteiger partial charge in [0.15, 0.2) is 5.65 Å². The summed E-state index contributed by atoms with van der Waals surface area (Å²) in [6.07, 6.45) is 7.57. The smallest absolute Gasteiger partial charge is 0.252 e. The molecule has 29 heavy (non-hydrogen) atoms. The maximum absolute atomic E-state index is 12.7. The topological polar surface area (TPSA) is 62.5 Å². The number of nitrogens with one attached hydrogen (secondary N) is 1. The molecule has 3 aromatic rings. The van der Waals surface area contributed by atoms with E-state index >= 15 is 0 Å². The number of benzene rings is 1. The predicted molar refractivity (Wildman–Crippen MR) is 112 cm³/mol. The largest absolute Gasteiger partial charge is 0.349 e. The molecular weight excluding hydrogens is 362 g/mol. The Balaban J connectivity index is 1.32. The summed E-state index contributed by atoms with van der Waals surface area (Å²) in [7, 11) is 0. The van der Waals surface area contributed by atoms with E-state index in [9.17, 15) is 4.79 Å². The van der Waals surface area contributed by atoms with Gasteiger partial charge in [0.25, 0.3) is 5.91 Å². The second kappa shape index (κ2) is 7.95. The maximum atomic E-state index is 12.7. The van der Waals surface area contributed by atoms with Crippen molar-refractivity contribution < 1.29 is 4.79 Å². The lowest BCUT2D eigenvalue weighted by Gasteiger charge is -2.16. The van der Waals surface area contributed by atoms with Crippen LogP contribution in [0.5, 0.6) is 0 Å². The van der Waals surface area contributed by atoms with Crippen LogP contribution in [0.25, 0.3) is 5.65 Å². The molecule has 0 radical (unpaired) electrons. The van der Waals surface area contributed by atoms with E-state index < -0.39 is 0 Å². The molecule has 0 bridgehead atoms. The highest BCUT2D eigenvalue weighted by molar-refractivity contribution is 5.94. The number of hydrogen-bond donors (Lipinski definition) is 1. The van der Waals surface area contributed by atoms with E-state index in [-0.39, 0.29) is 5.91 Å². The molecule has 6 heteroatoms. The van der Waals surface area contributed by atoms with Crippen molar-refractivity contribution in [3.8, 4) is 0 Å². The summed E-state index contributed by atoms with van der Waals surface area (Å²) in [5.74, 6) is 1.31. The number of rotatable bonds is 5. The average molecular weight is 390 g/mol. The highest BCUT2D eigenvalue weighted by Gasteiger charge is 2.28. The molecule has 2 aliphatic rings. The second-order valence-electron chi connectivity index (χ2n) is 8.37. The van der Waals surface area contributed by atoms with Crippen molar-refractivity contribution >= 4 is 11.6 Å².